The quantitative estimate of drug-likeness (QED) is 0.687. The van der Waals surface area contributed by atoms with Crippen molar-refractivity contribution in [1.29, 1.82) is 0 Å². The Hall–Kier alpha value is -0.670. The number of alkyl halides is 2. The molecule has 3 atom stereocenters. The zero-order chi connectivity index (χ0) is 8.43. The second kappa shape index (κ2) is 3.15. The van der Waals surface area contributed by atoms with Gasteiger partial charge < -0.3 is 5.11 Å². The molecule has 0 bridgehead atoms. The molecule has 11 heavy (non-hydrogen) atoms. The molecule has 1 saturated carbocycles. The summed E-state index contributed by atoms with van der Waals surface area (Å²) in [6.45, 7) is 0. The summed E-state index contributed by atoms with van der Waals surface area (Å²) in [5.74, 6) is -1.30. The van der Waals surface area contributed by atoms with Gasteiger partial charge in [0.2, 0.25) is 0 Å². The maximum absolute atomic E-state index is 12.5. The fourth-order valence-electron chi connectivity index (χ4n) is 1.23. The molecule has 1 fully saturated rings. The standard InChI is InChI=1S/C7H10F2O2/c8-5-3-4(7(5)9)1-2-6(10)11/h4-5,7H,1-3H2,(H,10,11). The molecule has 64 valence electrons. The summed E-state index contributed by atoms with van der Waals surface area (Å²) in [5.41, 5.74) is 0. The number of hydrogen-bond acceptors (Lipinski definition) is 1. The highest BCUT2D eigenvalue weighted by Gasteiger charge is 2.41. The van der Waals surface area contributed by atoms with Crippen LogP contribution < -0.4 is 0 Å². The molecule has 0 saturated heterocycles. The fraction of sp³-hybridized carbons (Fsp3) is 0.857. The van der Waals surface area contributed by atoms with Crippen LogP contribution in [0.4, 0.5) is 8.78 Å². The SMILES string of the molecule is O=C(O)CCC1CC(F)C1F. The largest absolute Gasteiger partial charge is 0.481 e. The van der Waals surface area contributed by atoms with E-state index in [0.29, 0.717) is 0 Å². The highest BCUT2D eigenvalue weighted by Crippen LogP contribution is 2.36. The van der Waals surface area contributed by atoms with E-state index in [2.05, 4.69) is 0 Å². The van der Waals surface area contributed by atoms with Crippen LogP contribution in [0.25, 0.3) is 0 Å². The first-order valence-electron chi connectivity index (χ1n) is 3.61. The average Bonchev–Trinajstić information content (AvgIpc) is 1.96. The number of hydrogen-bond donors (Lipinski definition) is 1. The van der Waals surface area contributed by atoms with Crippen LogP contribution in [0.5, 0.6) is 0 Å². The molecule has 1 N–H and O–H groups in total. The second-order valence-electron chi connectivity index (χ2n) is 2.89. The molecule has 4 heteroatoms. The molecule has 0 aromatic heterocycles. The normalized spacial score (nSPS) is 36.4. The zero-order valence-corrected chi connectivity index (χ0v) is 5.96. The third kappa shape index (κ3) is 1.88. The number of carbonyl (C=O) groups is 1. The van der Waals surface area contributed by atoms with E-state index in [1.54, 1.807) is 0 Å². The summed E-state index contributed by atoms with van der Waals surface area (Å²) in [6, 6.07) is 0. The minimum Gasteiger partial charge on any atom is -0.481 e. The van der Waals surface area contributed by atoms with Crippen molar-refractivity contribution in [2.24, 2.45) is 5.92 Å². The molecule has 3 unspecified atom stereocenters. The van der Waals surface area contributed by atoms with Crippen molar-refractivity contribution in [3.63, 3.8) is 0 Å². The summed E-state index contributed by atoms with van der Waals surface area (Å²) in [5, 5.41) is 8.22. The molecule has 0 radical (unpaired) electrons. The second-order valence-corrected chi connectivity index (χ2v) is 2.89. The number of carboxylic acids is 1. The van der Waals surface area contributed by atoms with Gasteiger partial charge in [-0.2, -0.15) is 0 Å². The summed E-state index contributed by atoms with van der Waals surface area (Å²) < 4.78 is 24.6. The molecule has 1 aliphatic carbocycles. The lowest BCUT2D eigenvalue weighted by molar-refractivity contribution is -0.138. The van der Waals surface area contributed by atoms with Gasteiger partial charge in [0.25, 0.3) is 0 Å². The predicted molar refractivity (Wildman–Crippen MR) is 34.8 cm³/mol. The lowest BCUT2D eigenvalue weighted by Gasteiger charge is -2.33. The minimum absolute atomic E-state index is 0.0577. The molecule has 0 aromatic carbocycles. The van der Waals surface area contributed by atoms with Gasteiger partial charge in [-0.3, -0.25) is 4.79 Å². The maximum atomic E-state index is 12.5. The van der Waals surface area contributed by atoms with Crippen LogP contribution in [0, 0.1) is 5.92 Å². The molecule has 1 rings (SSSR count). The van der Waals surface area contributed by atoms with Crippen LogP contribution in [0.3, 0.4) is 0 Å². The molecule has 0 spiro atoms. The first-order chi connectivity index (χ1) is 5.11. The van der Waals surface area contributed by atoms with Crippen LogP contribution >= 0.6 is 0 Å². The molecule has 0 aromatic rings. The van der Waals surface area contributed by atoms with Gasteiger partial charge in [-0.05, 0) is 18.8 Å². The van der Waals surface area contributed by atoms with Gasteiger partial charge in [-0.15, -0.1) is 0 Å². The summed E-state index contributed by atoms with van der Waals surface area (Å²) >= 11 is 0. The maximum Gasteiger partial charge on any atom is 0.303 e. The lowest BCUT2D eigenvalue weighted by atomic mass is 9.78. The number of carboxylic acid groups (broad SMARTS) is 1. The Morgan fingerprint density at radius 2 is 2.18 bits per heavy atom. The first-order valence-corrected chi connectivity index (χ1v) is 3.61. The smallest absolute Gasteiger partial charge is 0.303 e. The van der Waals surface area contributed by atoms with Gasteiger partial charge in [0.05, 0.1) is 0 Å². The Bertz CT molecular complexity index is 161. The Morgan fingerprint density at radius 1 is 1.55 bits per heavy atom. The molecule has 1 aliphatic rings. The van der Waals surface area contributed by atoms with Gasteiger partial charge in [0, 0.05) is 6.42 Å². The van der Waals surface area contributed by atoms with Crippen molar-refractivity contribution < 1.29 is 18.7 Å². The van der Waals surface area contributed by atoms with Crippen molar-refractivity contribution in [3.05, 3.63) is 0 Å². The average molecular weight is 164 g/mol. The van der Waals surface area contributed by atoms with Crippen LogP contribution in [0.2, 0.25) is 0 Å². The summed E-state index contributed by atoms with van der Waals surface area (Å²) in [7, 11) is 0. The van der Waals surface area contributed by atoms with Gasteiger partial charge in [-0.25, -0.2) is 8.78 Å². The first kappa shape index (κ1) is 8.43. The van der Waals surface area contributed by atoms with Crippen LogP contribution in [-0.2, 0) is 4.79 Å². The molecule has 0 amide bonds. The van der Waals surface area contributed by atoms with E-state index >= 15 is 0 Å². The molecular formula is C7H10F2O2. The third-order valence-electron chi connectivity index (χ3n) is 2.05. The van der Waals surface area contributed by atoms with Crippen molar-refractivity contribution in [2.75, 3.05) is 0 Å². The Kier molecular flexibility index (Phi) is 2.42. The lowest BCUT2D eigenvalue weighted by Crippen LogP contribution is -2.40. The van der Waals surface area contributed by atoms with Crippen LogP contribution in [0.1, 0.15) is 19.3 Å². The summed E-state index contributed by atoms with van der Waals surface area (Å²) in [4.78, 5) is 10.0. The summed E-state index contributed by atoms with van der Waals surface area (Å²) in [6.07, 6.45) is -2.38. The zero-order valence-electron chi connectivity index (χ0n) is 5.96. The topological polar surface area (TPSA) is 37.3 Å². The Morgan fingerprint density at radius 3 is 2.55 bits per heavy atom. The van der Waals surface area contributed by atoms with E-state index in [9.17, 15) is 13.6 Å². The minimum atomic E-state index is -1.42. The van der Waals surface area contributed by atoms with Crippen molar-refractivity contribution in [3.8, 4) is 0 Å². The van der Waals surface area contributed by atoms with E-state index < -0.39 is 18.3 Å². The van der Waals surface area contributed by atoms with Crippen molar-refractivity contribution in [2.45, 2.75) is 31.6 Å². The van der Waals surface area contributed by atoms with E-state index in [1.807, 2.05) is 0 Å². The van der Waals surface area contributed by atoms with Gasteiger partial charge in [0.15, 0.2) is 0 Å². The Labute approximate surface area is 63.2 Å². The third-order valence-corrected chi connectivity index (χ3v) is 2.05. The van der Waals surface area contributed by atoms with E-state index in [-0.39, 0.29) is 25.2 Å². The highest BCUT2D eigenvalue weighted by atomic mass is 19.2. The van der Waals surface area contributed by atoms with E-state index in [4.69, 9.17) is 5.11 Å². The van der Waals surface area contributed by atoms with Crippen LogP contribution in [-0.4, -0.2) is 23.4 Å². The number of aliphatic carboxylic acids is 1. The van der Waals surface area contributed by atoms with Crippen molar-refractivity contribution >= 4 is 5.97 Å². The van der Waals surface area contributed by atoms with Crippen molar-refractivity contribution in [1.82, 2.24) is 0 Å². The van der Waals surface area contributed by atoms with Crippen LogP contribution in [0.15, 0.2) is 0 Å². The van der Waals surface area contributed by atoms with Gasteiger partial charge >= 0.3 is 5.97 Å². The number of halogens is 2. The van der Waals surface area contributed by atoms with E-state index in [0.717, 1.165) is 0 Å². The van der Waals surface area contributed by atoms with Gasteiger partial charge in [0.1, 0.15) is 12.3 Å². The van der Waals surface area contributed by atoms with Gasteiger partial charge in [-0.1, -0.05) is 0 Å². The fourth-order valence-corrected chi connectivity index (χ4v) is 1.23. The molecule has 2 nitrogen and oxygen atoms in total. The Balaban J connectivity index is 2.15. The molecular weight excluding hydrogens is 154 g/mol. The monoisotopic (exact) mass is 164 g/mol. The highest BCUT2D eigenvalue weighted by molar-refractivity contribution is 5.66. The predicted octanol–water partition coefficient (Wildman–Crippen LogP) is 1.55. The molecule has 0 heterocycles. The number of rotatable bonds is 3. The molecule has 0 aliphatic heterocycles. The van der Waals surface area contributed by atoms with E-state index in [1.165, 1.54) is 0 Å².